The lowest BCUT2D eigenvalue weighted by molar-refractivity contribution is 0.0911. The summed E-state index contributed by atoms with van der Waals surface area (Å²) in [5.41, 5.74) is 4.37. The summed E-state index contributed by atoms with van der Waals surface area (Å²) in [4.78, 5) is 30.4. The van der Waals surface area contributed by atoms with Crippen LogP contribution in [0.4, 0.5) is 5.69 Å². The Labute approximate surface area is 185 Å². The maximum Gasteiger partial charge on any atom is 0.256 e. The fourth-order valence-electron chi connectivity index (χ4n) is 2.61. The van der Waals surface area contributed by atoms with Gasteiger partial charge in [-0.3, -0.25) is 9.59 Å². The number of carbonyl (C=O) groups excluding carboxylic acids is 2. The van der Waals surface area contributed by atoms with E-state index in [1.165, 1.54) is 0 Å². The molecule has 0 saturated carbocycles. The molecule has 3 rings (SSSR count). The molecule has 0 radical (unpaired) electrons. The molecule has 0 aliphatic heterocycles. The van der Waals surface area contributed by atoms with Crippen LogP contribution in [0.3, 0.4) is 0 Å². The molecule has 0 saturated heterocycles. The van der Waals surface area contributed by atoms with Gasteiger partial charge in [0.15, 0.2) is 0 Å². The SMILES string of the molecule is CCC(C)(C)NC(=O)c1ccc(NC(=O)c2ccccc2SCc2cscn2)cc1. The number of benzene rings is 2. The van der Waals surface area contributed by atoms with Gasteiger partial charge in [-0.1, -0.05) is 19.1 Å². The molecule has 2 N–H and O–H groups in total. The Hall–Kier alpha value is -2.64. The maximum absolute atomic E-state index is 12.8. The third kappa shape index (κ3) is 5.93. The van der Waals surface area contributed by atoms with Gasteiger partial charge in [0.2, 0.25) is 0 Å². The Balaban J connectivity index is 1.65. The molecule has 0 unspecified atom stereocenters. The minimum atomic E-state index is -0.260. The summed E-state index contributed by atoms with van der Waals surface area (Å²) in [5.74, 6) is 0.412. The fourth-order valence-corrected chi connectivity index (χ4v) is 4.23. The average molecular weight is 440 g/mol. The van der Waals surface area contributed by atoms with Crippen LogP contribution >= 0.6 is 23.1 Å². The second-order valence-electron chi connectivity index (χ2n) is 7.49. The van der Waals surface area contributed by atoms with Crippen LogP contribution in [0.2, 0.25) is 0 Å². The van der Waals surface area contributed by atoms with Crippen molar-refractivity contribution in [2.75, 3.05) is 5.32 Å². The van der Waals surface area contributed by atoms with Crippen molar-refractivity contribution >= 4 is 40.6 Å². The summed E-state index contributed by atoms with van der Waals surface area (Å²) in [6.45, 7) is 6.01. The molecule has 2 aromatic carbocycles. The topological polar surface area (TPSA) is 71.1 Å². The number of thioether (sulfide) groups is 1. The van der Waals surface area contributed by atoms with E-state index in [1.54, 1.807) is 47.4 Å². The van der Waals surface area contributed by atoms with Gasteiger partial charge in [-0.15, -0.1) is 23.1 Å². The second kappa shape index (κ2) is 9.91. The largest absolute Gasteiger partial charge is 0.347 e. The Morgan fingerprint density at radius 2 is 1.80 bits per heavy atom. The summed E-state index contributed by atoms with van der Waals surface area (Å²) in [7, 11) is 0. The monoisotopic (exact) mass is 439 g/mol. The Morgan fingerprint density at radius 1 is 1.07 bits per heavy atom. The van der Waals surface area contributed by atoms with Gasteiger partial charge in [-0.25, -0.2) is 4.98 Å². The minimum absolute atomic E-state index is 0.122. The quantitative estimate of drug-likeness (QED) is 0.448. The highest BCUT2D eigenvalue weighted by atomic mass is 32.2. The van der Waals surface area contributed by atoms with Crippen LogP contribution in [0.25, 0.3) is 0 Å². The molecule has 0 atom stereocenters. The lowest BCUT2D eigenvalue weighted by Gasteiger charge is -2.24. The molecule has 0 bridgehead atoms. The van der Waals surface area contributed by atoms with Gasteiger partial charge in [0.25, 0.3) is 11.8 Å². The Bertz CT molecular complexity index is 1000. The van der Waals surface area contributed by atoms with Crippen molar-refractivity contribution in [1.29, 1.82) is 0 Å². The molecule has 156 valence electrons. The number of amides is 2. The Morgan fingerprint density at radius 3 is 2.47 bits per heavy atom. The van der Waals surface area contributed by atoms with Crippen molar-refractivity contribution in [2.45, 2.75) is 43.4 Å². The van der Waals surface area contributed by atoms with Crippen LogP contribution in [0.15, 0.2) is 64.3 Å². The van der Waals surface area contributed by atoms with Crippen molar-refractivity contribution in [3.8, 4) is 0 Å². The van der Waals surface area contributed by atoms with E-state index in [4.69, 9.17) is 0 Å². The number of hydrogen-bond acceptors (Lipinski definition) is 5. The van der Waals surface area contributed by atoms with Gasteiger partial charge >= 0.3 is 0 Å². The molecule has 5 nitrogen and oxygen atoms in total. The molecule has 0 aliphatic carbocycles. The Kier molecular flexibility index (Phi) is 7.29. The zero-order chi connectivity index (χ0) is 21.6. The van der Waals surface area contributed by atoms with Crippen molar-refractivity contribution in [2.24, 2.45) is 0 Å². The molecule has 3 aromatic rings. The number of anilines is 1. The van der Waals surface area contributed by atoms with Gasteiger partial charge in [0, 0.05) is 32.8 Å². The molecule has 2 amide bonds. The van der Waals surface area contributed by atoms with E-state index in [9.17, 15) is 9.59 Å². The molecule has 0 spiro atoms. The molecule has 0 fully saturated rings. The highest BCUT2D eigenvalue weighted by molar-refractivity contribution is 7.98. The van der Waals surface area contributed by atoms with Crippen LogP contribution in [-0.2, 0) is 5.75 Å². The van der Waals surface area contributed by atoms with Crippen LogP contribution < -0.4 is 10.6 Å². The molecule has 30 heavy (non-hydrogen) atoms. The van der Waals surface area contributed by atoms with Crippen LogP contribution in [0, 0.1) is 0 Å². The number of aromatic nitrogens is 1. The highest BCUT2D eigenvalue weighted by Gasteiger charge is 2.19. The van der Waals surface area contributed by atoms with E-state index in [0.717, 1.165) is 17.0 Å². The molecule has 1 aromatic heterocycles. The van der Waals surface area contributed by atoms with E-state index in [-0.39, 0.29) is 17.4 Å². The van der Waals surface area contributed by atoms with Gasteiger partial charge in [-0.05, 0) is 56.7 Å². The predicted molar refractivity (Wildman–Crippen MR) is 124 cm³/mol. The van der Waals surface area contributed by atoms with Crippen molar-refractivity contribution in [3.05, 3.63) is 76.2 Å². The fraction of sp³-hybridized carbons (Fsp3) is 0.261. The predicted octanol–water partition coefficient (Wildman–Crippen LogP) is 5.61. The van der Waals surface area contributed by atoms with Crippen LogP contribution in [-0.4, -0.2) is 22.3 Å². The number of rotatable bonds is 8. The minimum Gasteiger partial charge on any atom is -0.347 e. The van der Waals surface area contributed by atoms with Crippen molar-refractivity contribution in [1.82, 2.24) is 10.3 Å². The van der Waals surface area contributed by atoms with E-state index in [1.807, 2.05) is 55.9 Å². The molecule has 1 heterocycles. The van der Waals surface area contributed by atoms with E-state index < -0.39 is 0 Å². The molecular formula is C23H25N3O2S2. The van der Waals surface area contributed by atoms with Gasteiger partial charge < -0.3 is 10.6 Å². The lowest BCUT2D eigenvalue weighted by atomic mass is 10.0. The highest BCUT2D eigenvalue weighted by Crippen LogP contribution is 2.27. The summed E-state index contributed by atoms with van der Waals surface area (Å²) >= 11 is 3.15. The summed E-state index contributed by atoms with van der Waals surface area (Å²) in [6, 6.07) is 14.5. The zero-order valence-corrected chi connectivity index (χ0v) is 18.9. The van der Waals surface area contributed by atoms with Crippen molar-refractivity contribution < 1.29 is 9.59 Å². The summed E-state index contributed by atoms with van der Waals surface area (Å²) in [5, 5.41) is 7.94. The van der Waals surface area contributed by atoms with Crippen LogP contribution in [0.1, 0.15) is 53.6 Å². The van der Waals surface area contributed by atoms with Gasteiger partial charge in [-0.2, -0.15) is 0 Å². The van der Waals surface area contributed by atoms with E-state index in [2.05, 4.69) is 15.6 Å². The average Bonchev–Trinajstić information content (AvgIpc) is 3.26. The van der Waals surface area contributed by atoms with Gasteiger partial charge in [0.1, 0.15) is 0 Å². The number of nitrogens with zero attached hydrogens (tertiary/aromatic N) is 1. The second-order valence-corrected chi connectivity index (χ2v) is 9.22. The molecule has 7 heteroatoms. The third-order valence-corrected chi connectivity index (χ3v) is 6.47. The number of nitrogens with one attached hydrogen (secondary N) is 2. The summed E-state index contributed by atoms with van der Waals surface area (Å²) in [6.07, 6.45) is 0.840. The van der Waals surface area contributed by atoms with E-state index in [0.29, 0.717) is 22.6 Å². The van der Waals surface area contributed by atoms with Crippen molar-refractivity contribution in [3.63, 3.8) is 0 Å². The summed E-state index contributed by atoms with van der Waals surface area (Å²) < 4.78 is 0. The standard InChI is InChI=1S/C23H25N3O2S2/c1-4-23(2,3)26-21(27)16-9-11-17(12-10-16)25-22(28)19-7-5-6-8-20(19)30-14-18-13-29-15-24-18/h5-13,15H,4,14H2,1-3H3,(H,25,28)(H,26,27). The number of carbonyl (C=O) groups is 2. The number of thiazole rings is 1. The van der Waals surface area contributed by atoms with Gasteiger partial charge in [0.05, 0.1) is 16.8 Å². The maximum atomic E-state index is 12.8. The third-order valence-electron chi connectivity index (χ3n) is 4.73. The zero-order valence-electron chi connectivity index (χ0n) is 17.3. The molecular weight excluding hydrogens is 414 g/mol. The number of hydrogen-bond donors (Lipinski definition) is 2. The van der Waals surface area contributed by atoms with Crippen LogP contribution in [0.5, 0.6) is 0 Å². The molecule has 0 aliphatic rings. The first-order valence-electron chi connectivity index (χ1n) is 9.71. The first-order valence-corrected chi connectivity index (χ1v) is 11.6. The first kappa shape index (κ1) is 22.1. The van der Waals surface area contributed by atoms with E-state index >= 15 is 0 Å². The normalized spacial score (nSPS) is 11.2. The first-order chi connectivity index (χ1) is 14.4. The smallest absolute Gasteiger partial charge is 0.256 e. The lowest BCUT2D eigenvalue weighted by Crippen LogP contribution is -2.42.